The maximum absolute atomic E-state index is 14.0. The molecule has 2 aliphatic heterocycles. The van der Waals surface area contributed by atoms with Crippen molar-refractivity contribution in [2.45, 2.75) is 90.4 Å². The highest BCUT2D eigenvalue weighted by Gasteiger charge is 2.50. The van der Waals surface area contributed by atoms with Crippen LogP contribution in [0.5, 0.6) is 0 Å². The number of amides is 3. The second kappa shape index (κ2) is 12.4. The number of nitrogens with zero attached hydrogens (tertiary/aromatic N) is 5. The molecule has 3 heterocycles. The summed E-state index contributed by atoms with van der Waals surface area (Å²) in [4.78, 5) is 57.3. The lowest BCUT2D eigenvalue weighted by atomic mass is 9.88. The fourth-order valence-electron chi connectivity index (χ4n) is 5.72. The van der Waals surface area contributed by atoms with Gasteiger partial charge in [-0.1, -0.05) is 33.8 Å². The fourth-order valence-corrected chi connectivity index (χ4v) is 5.72. The molecule has 0 radical (unpaired) electrons. The Morgan fingerprint density at radius 2 is 1.74 bits per heavy atom. The maximum Gasteiger partial charge on any atom is 0.276 e. The maximum atomic E-state index is 14.0. The largest absolute Gasteiger partial charge is 0.310 e. The Labute approximate surface area is 232 Å². The van der Waals surface area contributed by atoms with Gasteiger partial charge in [0.1, 0.15) is 6.04 Å². The first-order chi connectivity index (χ1) is 18.6. The second-order valence-corrected chi connectivity index (χ2v) is 12.0. The molecule has 4 rings (SSSR count). The molecule has 3 aliphatic rings. The van der Waals surface area contributed by atoms with Crippen molar-refractivity contribution >= 4 is 23.8 Å². The van der Waals surface area contributed by atoms with E-state index in [1.165, 1.54) is 16.0 Å². The highest BCUT2D eigenvalue weighted by molar-refractivity contribution is 5.97. The number of hydroxylamine groups is 2. The molecular weight excluding hydrogens is 494 g/mol. The van der Waals surface area contributed by atoms with E-state index >= 15 is 0 Å². The lowest BCUT2D eigenvalue weighted by Gasteiger charge is -2.49. The van der Waals surface area contributed by atoms with Gasteiger partial charge in [0.2, 0.25) is 5.91 Å². The van der Waals surface area contributed by atoms with E-state index < -0.39 is 18.1 Å². The minimum absolute atomic E-state index is 0.0162. The molecule has 1 aromatic heterocycles. The molecule has 0 unspecified atom stereocenters. The summed E-state index contributed by atoms with van der Waals surface area (Å²) in [5.74, 6) is -0.101. The standard InChI is InChI=1S/C30H43N5O4/c1-20(2)17-25-29(37)33(24-13-11-23(12-14-24)32(5)6)19-27-34(25)30(38)26(18-21(3)4)39-35(27)28(36)15-10-22-9-7-8-16-31-22/h7-10,15-16,19-21,23-26H,11-14,17-18H2,1-6H3/b15-10+/t23?,24?,25-,26+/m0/s1. The Bertz CT molecular complexity index is 1090. The first-order valence-corrected chi connectivity index (χ1v) is 14.2. The van der Waals surface area contributed by atoms with Gasteiger partial charge in [0, 0.05) is 24.4 Å². The molecule has 9 heteroatoms. The number of carbonyl (C=O) groups is 3. The summed E-state index contributed by atoms with van der Waals surface area (Å²) in [5, 5.41) is 1.21. The zero-order valence-corrected chi connectivity index (χ0v) is 24.1. The third kappa shape index (κ3) is 6.58. The molecule has 212 valence electrons. The zero-order chi connectivity index (χ0) is 28.3. The van der Waals surface area contributed by atoms with E-state index in [1.54, 1.807) is 29.4 Å². The molecule has 0 aromatic carbocycles. The molecule has 9 nitrogen and oxygen atoms in total. The van der Waals surface area contributed by atoms with Gasteiger partial charge in [-0.05, 0) is 82.7 Å². The van der Waals surface area contributed by atoms with Crippen LogP contribution >= 0.6 is 0 Å². The van der Waals surface area contributed by atoms with Gasteiger partial charge in [0.25, 0.3) is 11.8 Å². The SMILES string of the molecule is CC(C)C[C@H]1ON(C(=O)/C=C/c2ccccn2)C2=CN(C3CCC(N(C)C)CC3)C(=O)[C@H](CC(C)C)N2C1=O. The van der Waals surface area contributed by atoms with Crippen LogP contribution < -0.4 is 0 Å². The lowest BCUT2D eigenvalue weighted by Crippen LogP contribution is -2.64. The number of carbonyl (C=O) groups excluding carboxylic acids is 3. The smallest absolute Gasteiger partial charge is 0.276 e. The molecule has 0 N–H and O–H groups in total. The third-order valence-electron chi connectivity index (χ3n) is 7.76. The molecule has 1 aromatic rings. The van der Waals surface area contributed by atoms with E-state index in [4.69, 9.17) is 4.84 Å². The number of hydrogen-bond acceptors (Lipinski definition) is 6. The van der Waals surface area contributed by atoms with Gasteiger partial charge in [-0.15, -0.1) is 0 Å². The second-order valence-electron chi connectivity index (χ2n) is 12.0. The summed E-state index contributed by atoms with van der Waals surface area (Å²) in [6, 6.07) is 5.29. The van der Waals surface area contributed by atoms with E-state index in [0.717, 1.165) is 25.7 Å². The summed E-state index contributed by atoms with van der Waals surface area (Å²) >= 11 is 0. The lowest BCUT2D eigenvalue weighted by molar-refractivity contribution is -0.226. The summed E-state index contributed by atoms with van der Waals surface area (Å²) in [6.07, 6.45) is 10.2. The number of pyridine rings is 1. The van der Waals surface area contributed by atoms with Crippen molar-refractivity contribution in [3.8, 4) is 0 Å². The normalized spacial score (nSPS) is 26.2. The van der Waals surface area contributed by atoms with Crippen molar-refractivity contribution in [2.24, 2.45) is 11.8 Å². The van der Waals surface area contributed by atoms with Crippen LogP contribution in [0.4, 0.5) is 0 Å². The molecule has 2 atom stereocenters. The van der Waals surface area contributed by atoms with Crippen LogP contribution in [0.3, 0.4) is 0 Å². The van der Waals surface area contributed by atoms with E-state index in [-0.39, 0.29) is 29.7 Å². The average Bonchev–Trinajstić information content (AvgIpc) is 2.90. The van der Waals surface area contributed by atoms with Crippen molar-refractivity contribution in [2.75, 3.05) is 14.1 Å². The van der Waals surface area contributed by atoms with Gasteiger partial charge >= 0.3 is 0 Å². The molecule has 0 spiro atoms. The van der Waals surface area contributed by atoms with E-state index in [2.05, 4.69) is 24.0 Å². The van der Waals surface area contributed by atoms with Crippen LogP contribution in [0.15, 0.2) is 42.5 Å². The number of hydrogen-bond donors (Lipinski definition) is 0. The molecular formula is C30H43N5O4. The first-order valence-electron chi connectivity index (χ1n) is 14.2. The Kier molecular flexibility index (Phi) is 9.23. The minimum atomic E-state index is -0.848. The Morgan fingerprint density at radius 3 is 2.33 bits per heavy atom. The molecule has 3 amide bonds. The van der Waals surface area contributed by atoms with Gasteiger partial charge < -0.3 is 9.80 Å². The molecule has 0 bridgehead atoms. The van der Waals surface area contributed by atoms with Crippen molar-refractivity contribution in [1.82, 2.24) is 24.7 Å². The van der Waals surface area contributed by atoms with Crippen molar-refractivity contribution in [1.29, 1.82) is 0 Å². The molecule has 1 saturated heterocycles. The summed E-state index contributed by atoms with van der Waals surface area (Å²) < 4.78 is 0. The topological polar surface area (TPSA) is 86.3 Å². The summed E-state index contributed by atoms with van der Waals surface area (Å²) in [5.41, 5.74) is 0.638. The molecule has 2 fully saturated rings. The van der Waals surface area contributed by atoms with Gasteiger partial charge in [-0.3, -0.25) is 29.1 Å². The van der Waals surface area contributed by atoms with E-state index in [0.29, 0.717) is 30.4 Å². The molecule has 1 saturated carbocycles. The Balaban J connectivity index is 1.71. The average molecular weight is 538 g/mol. The number of fused-ring (bicyclic) bond motifs is 1. The third-order valence-corrected chi connectivity index (χ3v) is 7.76. The van der Waals surface area contributed by atoms with Crippen molar-refractivity contribution in [3.05, 3.63) is 48.2 Å². The molecule has 39 heavy (non-hydrogen) atoms. The van der Waals surface area contributed by atoms with Gasteiger partial charge in [0.15, 0.2) is 11.9 Å². The fraction of sp³-hybridized carbons (Fsp3) is 0.600. The van der Waals surface area contributed by atoms with Gasteiger partial charge in [-0.25, -0.2) is 0 Å². The first kappa shape index (κ1) is 29.0. The van der Waals surface area contributed by atoms with Crippen LogP contribution in [0.25, 0.3) is 6.08 Å². The highest BCUT2D eigenvalue weighted by atomic mass is 16.7. The number of rotatable bonds is 8. The van der Waals surface area contributed by atoms with Crippen molar-refractivity contribution < 1.29 is 19.2 Å². The van der Waals surface area contributed by atoms with Crippen LogP contribution in [0.1, 0.15) is 71.9 Å². The van der Waals surface area contributed by atoms with Crippen LogP contribution in [0, 0.1) is 11.8 Å². The zero-order valence-electron chi connectivity index (χ0n) is 24.1. The minimum Gasteiger partial charge on any atom is -0.310 e. The number of aromatic nitrogens is 1. The molecule has 1 aliphatic carbocycles. The van der Waals surface area contributed by atoms with Crippen molar-refractivity contribution in [3.63, 3.8) is 0 Å². The summed E-state index contributed by atoms with van der Waals surface area (Å²) in [7, 11) is 4.19. The van der Waals surface area contributed by atoms with Gasteiger partial charge in [-0.2, -0.15) is 5.06 Å². The van der Waals surface area contributed by atoms with Crippen LogP contribution in [0.2, 0.25) is 0 Å². The summed E-state index contributed by atoms with van der Waals surface area (Å²) in [6.45, 7) is 8.11. The Morgan fingerprint density at radius 1 is 1.05 bits per heavy atom. The van der Waals surface area contributed by atoms with Crippen LogP contribution in [-0.2, 0) is 19.2 Å². The predicted molar refractivity (Wildman–Crippen MR) is 149 cm³/mol. The quantitative estimate of drug-likeness (QED) is 0.466. The highest BCUT2D eigenvalue weighted by Crippen LogP contribution is 2.36. The van der Waals surface area contributed by atoms with E-state index in [9.17, 15) is 14.4 Å². The monoisotopic (exact) mass is 537 g/mol. The Hall–Kier alpha value is -3.04. The van der Waals surface area contributed by atoms with Gasteiger partial charge in [0.05, 0.1) is 11.9 Å². The predicted octanol–water partition coefficient (Wildman–Crippen LogP) is 4.04. The van der Waals surface area contributed by atoms with Crippen LogP contribution in [-0.4, -0.2) is 80.8 Å². The van der Waals surface area contributed by atoms with E-state index in [1.807, 2.05) is 39.8 Å².